The van der Waals surface area contributed by atoms with Crippen LogP contribution in [0, 0.1) is 11.2 Å². The van der Waals surface area contributed by atoms with Gasteiger partial charge in [-0.25, -0.2) is 14.4 Å². The zero-order chi connectivity index (χ0) is 22.5. The summed E-state index contributed by atoms with van der Waals surface area (Å²) in [6, 6.07) is 13.7. The third kappa shape index (κ3) is 3.69. The Kier molecular flexibility index (Phi) is 4.86. The first-order valence-electron chi connectivity index (χ1n) is 10.1. The van der Waals surface area contributed by atoms with E-state index in [2.05, 4.69) is 15.0 Å². The maximum absolute atomic E-state index is 14.9. The molecule has 2 N–H and O–H groups in total. The van der Waals surface area contributed by atoms with Crippen LogP contribution in [0.5, 0.6) is 5.88 Å². The highest BCUT2D eigenvalue weighted by atomic mass is 35.5. The van der Waals surface area contributed by atoms with Gasteiger partial charge in [-0.3, -0.25) is 4.79 Å². The van der Waals surface area contributed by atoms with E-state index in [1.54, 1.807) is 55.6 Å². The second-order valence-corrected chi connectivity index (χ2v) is 8.78. The molecule has 0 amide bonds. The number of hydrogen-bond acceptors (Lipinski definition) is 4. The van der Waals surface area contributed by atoms with Crippen molar-refractivity contribution in [2.75, 3.05) is 0 Å². The first-order valence-corrected chi connectivity index (χ1v) is 10.5. The van der Waals surface area contributed by atoms with E-state index >= 15 is 0 Å². The molecule has 0 bridgehead atoms. The number of carboxylic acids is 1. The number of pyridine rings is 1. The number of benzene rings is 2. The number of halogens is 2. The van der Waals surface area contributed by atoms with Crippen molar-refractivity contribution in [2.24, 2.45) is 5.41 Å². The van der Waals surface area contributed by atoms with Crippen LogP contribution in [0.15, 0.2) is 54.7 Å². The molecule has 32 heavy (non-hydrogen) atoms. The molecule has 2 heterocycles. The number of imidazole rings is 1. The van der Waals surface area contributed by atoms with Gasteiger partial charge in [0.05, 0.1) is 22.0 Å². The summed E-state index contributed by atoms with van der Waals surface area (Å²) in [5.74, 6) is -0.362. The largest absolute Gasteiger partial charge is 0.481 e. The number of nitrogens with one attached hydrogen (secondary N) is 1. The first-order chi connectivity index (χ1) is 15.3. The van der Waals surface area contributed by atoms with Crippen LogP contribution in [0.1, 0.15) is 19.8 Å². The Morgan fingerprint density at radius 3 is 2.66 bits per heavy atom. The lowest BCUT2D eigenvalue weighted by molar-refractivity contribution is -0.159. The van der Waals surface area contributed by atoms with Gasteiger partial charge in [-0.05, 0) is 48.9 Å². The SMILES string of the molecule is CC1(C(=O)O)CC(Oc2ccc(-c3ccc(-c4nc5ccc(Cl)cc5[nH]4)c(F)c3)cn2)C1. The average Bonchev–Trinajstić information content (AvgIpc) is 3.15. The number of H-pyrrole nitrogens is 1. The predicted molar refractivity (Wildman–Crippen MR) is 119 cm³/mol. The van der Waals surface area contributed by atoms with E-state index in [9.17, 15) is 14.3 Å². The van der Waals surface area contributed by atoms with Gasteiger partial charge >= 0.3 is 5.97 Å². The molecule has 0 spiro atoms. The monoisotopic (exact) mass is 451 g/mol. The van der Waals surface area contributed by atoms with Crippen LogP contribution in [0.3, 0.4) is 0 Å². The van der Waals surface area contributed by atoms with Gasteiger partial charge < -0.3 is 14.8 Å². The highest BCUT2D eigenvalue weighted by Gasteiger charge is 2.48. The summed E-state index contributed by atoms with van der Waals surface area (Å²) in [6.45, 7) is 1.71. The normalized spacial score (nSPS) is 20.2. The number of aromatic nitrogens is 3. The average molecular weight is 452 g/mol. The quantitative estimate of drug-likeness (QED) is 0.405. The Bertz CT molecular complexity index is 1330. The van der Waals surface area contributed by atoms with Gasteiger partial charge in [-0.15, -0.1) is 0 Å². The molecule has 1 fully saturated rings. The van der Waals surface area contributed by atoms with E-state index in [0.29, 0.717) is 46.2 Å². The summed E-state index contributed by atoms with van der Waals surface area (Å²) in [6.07, 6.45) is 2.35. The van der Waals surface area contributed by atoms with E-state index < -0.39 is 17.2 Å². The van der Waals surface area contributed by atoms with Crippen LogP contribution in [-0.4, -0.2) is 32.1 Å². The number of rotatable bonds is 5. The van der Waals surface area contributed by atoms with Gasteiger partial charge in [-0.2, -0.15) is 0 Å². The number of carbonyl (C=O) groups is 1. The van der Waals surface area contributed by atoms with Crippen LogP contribution < -0.4 is 4.74 Å². The Labute approximate surface area is 188 Å². The smallest absolute Gasteiger partial charge is 0.309 e. The maximum atomic E-state index is 14.9. The molecule has 2 aromatic heterocycles. The lowest BCUT2D eigenvalue weighted by Gasteiger charge is -2.40. The van der Waals surface area contributed by atoms with Crippen LogP contribution in [0.2, 0.25) is 5.02 Å². The lowest BCUT2D eigenvalue weighted by Crippen LogP contribution is -2.47. The van der Waals surface area contributed by atoms with Crippen LogP contribution in [0.4, 0.5) is 4.39 Å². The number of ether oxygens (including phenoxy) is 1. The molecule has 0 radical (unpaired) electrons. The number of aromatic amines is 1. The fourth-order valence-electron chi connectivity index (χ4n) is 3.99. The van der Waals surface area contributed by atoms with Gasteiger partial charge in [0.2, 0.25) is 5.88 Å². The van der Waals surface area contributed by atoms with E-state index in [1.165, 1.54) is 6.07 Å². The molecule has 1 aliphatic rings. The maximum Gasteiger partial charge on any atom is 0.309 e. The van der Waals surface area contributed by atoms with Crippen molar-refractivity contribution in [3.8, 4) is 28.4 Å². The molecule has 0 aliphatic heterocycles. The fraction of sp³-hybridized carbons (Fsp3) is 0.208. The van der Waals surface area contributed by atoms with Crippen molar-refractivity contribution < 1.29 is 19.0 Å². The van der Waals surface area contributed by atoms with Crippen molar-refractivity contribution >= 4 is 28.6 Å². The number of fused-ring (bicyclic) bond motifs is 1. The molecule has 0 saturated heterocycles. The molecule has 1 aliphatic carbocycles. The van der Waals surface area contributed by atoms with Crippen LogP contribution in [-0.2, 0) is 4.79 Å². The Balaban J connectivity index is 1.32. The minimum atomic E-state index is -0.808. The number of hydrogen-bond donors (Lipinski definition) is 2. The zero-order valence-electron chi connectivity index (χ0n) is 17.1. The molecule has 0 unspecified atom stereocenters. The summed E-state index contributed by atoms with van der Waals surface area (Å²) >= 11 is 6.01. The highest BCUT2D eigenvalue weighted by molar-refractivity contribution is 6.31. The Morgan fingerprint density at radius 2 is 1.97 bits per heavy atom. The van der Waals surface area contributed by atoms with E-state index in [4.69, 9.17) is 16.3 Å². The van der Waals surface area contributed by atoms with Gasteiger partial charge in [0.25, 0.3) is 0 Å². The molecule has 1 saturated carbocycles. The molecular formula is C24H19ClFN3O3. The molecule has 162 valence electrons. The minimum Gasteiger partial charge on any atom is -0.481 e. The van der Waals surface area contributed by atoms with E-state index in [0.717, 1.165) is 11.1 Å². The molecule has 4 aromatic rings. The molecule has 8 heteroatoms. The fourth-order valence-corrected chi connectivity index (χ4v) is 4.16. The summed E-state index contributed by atoms with van der Waals surface area (Å²) in [5, 5.41) is 9.77. The van der Waals surface area contributed by atoms with Gasteiger partial charge in [-0.1, -0.05) is 17.7 Å². The van der Waals surface area contributed by atoms with Gasteiger partial charge in [0.15, 0.2) is 0 Å². The van der Waals surface area contributed by atoms with Gasteiger partial charge in [0, 0.05) is 35.7 Å². The van der Waals surface area contributed by atoms with E-state index in [1.807, 2.05) is 0 Å². The standard InChI is InChI=1S/C24H19ClFN3O3/c1-24(23(30)31)10-16(11-24)32-21-7-3-14(12-27-21)13-2-5-17(18(26)8-13)22-28-19-6-4-15(25)9-20(19)29-22/h2-9,12,16H,10-11H2,1H3,(H,28,29)(H,30,31). The summed E-state index contributed by atoms with van der Waals surface area (Å²) in [5.41, 5.74) is 2.50. The van der Waals surface area contributed by atoms with Crippen LogP contribution in [0.25, 0.3) is 33.5 Å². The van der Waals surface area contributed by atoms with Crippen molar-refractivity contribution in [1.29, 1.82) is 0 Å². The molecule has 6 nitrogen and oxygen atoms in total. The third-order valence-electron chi connectivity index (χ3n) is 5.90. The third-order valence-corrected chi connectivity index (χ3v) is 6.13. The van der Waals surface area contributed by atoms with Crippen molar-refractivity contribution in [3.63, 3.8) is 0 Å². The lowest BCUT2D eigenvalue weighted by atomic mass is 9.68. The zero-order valence-corrected chi connectivity index (χ0v) is 17.9. The molecule has 0 atom stereocenters. The summed E-state index contributed by atoms with van der Waals surface area (Å²) in [7, 11) is 0. The highest BCUT2D eigenvalue weighted by Crippen LogP contribution is 2.42. The molecular weight excluding hydrogens is 433 g/mol. The van der Waals surface area contributed by atoms with E-state index in [-0.39, 0.29) is 6.10 Å². The van der Waals surface area contributed by atoms with Crippen molar-refractivity contribution in [1.82, 2.24) is 15.0 Å². The topological polar surface area (TPSA) is 88.1 Å². The summed E-state index contributed by atoms with van der Waals surface area (Å²) in [4.78, 5) is 23.0. The second kappa shape index (κ2) is 7.60. The van der Waals surface area contributed by atoms with Crippen molar-refractivity contribution in [3.05, 3.63) is 65.6 Å². The molecule has 2 aromatic carbocycles. The van der Waals surface area contributed by atoms with Crippen LogP contribution >= 0.6 is 11.6 Å². The second-order valence-electron chi connectivity index (χ2n) is 8.34. The van der Waals surface area contributed by atoms with Gasteiger partial charge in [0.1, 0.15) is 17.7 Å². The Morgan fingerprint density at radius 1 is 1.19 bits per heavy atom. The minimum absolute atomic E-state index is 0.162. The number of aliphatic carboxylic acids is 1. The number of nitrogens with zero attached hydrogens (tertiary/aromatic N) is 2. The number of carboxylic acid groups (broad SMARTS) is 1. The summed E-state index contributed by atoms with van der Waals surface area (Å²) < 4.78 is 20.6. The molecule has 5 rings (SSSR count). The first kappa shape index (κ1) is 20.5. The predicted octanol–water partition coefficient (Wildman–Crippen LogP) is 5.72. The van der Waals surface area contributed by atoms with Crippen molar-refractivity contribution in [2.45, 2.75) is 25.9 Å². The Hall–Kier alpha value is -3.45.